The van der Waals surface area contributed by atoms with Crippen molar-refractivity contribution in [2.24, 2.45) is 0 Å². The van der Waals surface area contributed by atoms with Crippen molar-refractivity contribution in [3.8, 4) is 11.5 Å². The standard InChI is InChI=1S/C18H16FN5O2S/c1-11-15(23-17(26-11)12-2-4-13(19)5-3-12)8-16(25)20-7-6-14-9-27-18-21-10-22-24(14)18/h2-5,9-10H,6-8H2,1H3,(H,20,25). The predicted molar refractivity (Wildman–Crippen MR) is 97.9 cm³/mol. The summed E-state index contributed by atoms with van der Waals surface area (Å²) in [5.74, 6) is 0.492. The van der Waals surface area contributed by atoms with Crippen LogP contribution in [0, 0.1) is 12.7 Å². The molecule has 0 atom stereocenters. The number of rotatable bonds is 6. The summed E-state index contributed by atoms with van der Waals surface area (Å²) in [5.41, 5.74) is 2.24. The molecule has 4 aromatic rings. The summed E-state index contributed by atoms with van der Waals surface area (Å²) in [6.07, 6.45) is 2.30. The van der Waals surface area contributed by atoms with E-state index in [9.17, 15) is 9.18 Å². The van der Waals surface area contributed by atoms with Gasteiger partial charge in [0, 0.05) is 23.9 Å². The molecule has 0 aliphatic heterocycles. The Labute approximate surface area is 157 Å². The van der Waals surface area contributed by atoms with Crippen LogP contribution in [-0.4, -0.2) is 32.0 Å². The van der Waals surface area contributed by atoms with Crippen molar-refractivity contribution >= 4 is 22.2 Å². The molecular formula is C18H16FN5O2S. The number of nitrogens with zero attached hydrogens (tertiary/aromatic N) is 4. The van der Waals surface area contributed by atoms with Crippen LogP contribution in [0.2, 0.25) is 0 Å². The maximum Gasteiger partial charge on any atom is 0.226 e. The van der Waals surface area contributed by atoms with Crippen LogP contribution >= 0.6 is 11.3 Å². The summed E-state index contributed by atoms with van der Waals surface area (Å²) >= 11 is 1.52. The van der Waals surface area contributed by atoms with Crippen LogP contribution in [0.1, 0.15) is 17.1 Å². The van der Waals surface area contributed by atoms with Gasteiger partial charge in [0.2, 0.25) is 16.8 Å². The Kier molecular flexibility index (Phi) is 4.68. The molecular weight excluding hydrogens is 369 g/mol. The smallest absolute Gasteiger partial charge is 0.226 e. The highest BCUT2D eigenvalue weighted by molar-refractivity contribution is 7.15. The van der Waals surface area contributed by atoms with E-state index in [4.69, 9.17) is 4.42 Å². The van der Waals surface area contributed by atoms with Crippen molar-refractivity contribution in [3.05, 3.63) is 58.9 Å². The minimum atomic E-state index is -0.324. The summed E-state index contributed by atoms with van der Waals surface area (Å²) in [7, 11) is 0. The molecule has 0 unspecified atom stereocenters. The fourth-order valence-electron chi connectivity index (χ4n) is 2.70. The van der Waals surface area contributed by atoms with Crippen LogP contribution in [0.25, 0.3) is 16.4 Å². The number of nitrogens with one attached hydrogen (secondary N) is 1. The topological polar surface area (TPSA) is 85.3 Å². The monoisotopic (exact) mass is 385 g/mol. The van der Waals surface area contributed by atoms with Gasteiger partial charge in [0.1, 0.15) is 17.9 Å². The third-order valence-electron chi connectivity index (χ3n) is 4.10. The molecule has 4 rings (SSSR count). The van der Waals surface area contributed by atoms with Crippen LogP contribution < -0.4 is 5.32 Å². The lowest BCUT2D eigenvalue weighted by Gasteiger charge is -2.03. The Morgan fingerprint density at radius 1 is 1.33 bits per heavy atom. The van der Waals surface area contributed by atoms with Gasteiger partial charge in [-0.05, 0) is 31.2 Å². The highest BCUT2D eigenvalue weighted by atomic mass is 32.1. The maximum absolute atomic E-state index is 13.0. The molecule has 138 valence electrons. The molecule has 0 aliphatic rings. The zero-order valence-electron chi connectivity index (χ0n) is 14.5. The van der Waals surface area contributed by atoms with Crippen LogP contribution in [-0.2, 0) is 17.6 Å². The fourth-order valence-corrected chi connectivity index (χ4v) is 3.53. The number of carbonyl (C=O) groups excluding carboxylic acids is 1. The van der Waals surface area contributed by atoms with Gasteiger partial charge >= 0.3 is 0 Å². The lowest BCUT2D eigenvalue weighted by Crippen LogP contribution is -2.27. The number of hydrogen-bond acceptors (Lipinski definition) is 6. The summed E-state index contributed by atoms with van der Waals surface area (Å²) < 4.78 is 20.4. The molecule has 0 radical (unpaired) electrons. The average molecular weight is 385 g/mol. The largest absolute Gasteiger partial charge is 0.441 e. The number of benzene rings is 1. The molecule has 0 aliphatic carbocycles. The Balaban J connectivity index is 1.35. The first kappa shape index (κ1) is 17.3. The lowest BCUT2D eigenvalue weighted by molar-refractivity contribution is -0.120. The summed E-state index contributed by atoms with van der Waals surface area (Å²) in [6, 6.07) is 5.88. The van der Waals surface area contributed by atoms with Crippen LogP contribution in [0.4, 0.5) is 4.39 Å². The average Bonchev–Trinajstić information content (AvgIpc) is 3.34. The second-order valence-electron chi connectivity index (χ2n) is 5.99. The van der Waals surface area contributed by atoms with Gasteiger partial charge in [-0.3, -0.25) is 4.79 Å². The van der Waals surface area contributed by atoms with Crippen molar-refractivity contribution in [1.29, 1.82) is 0 Å². The normalized spacial score (nSPS) is 11.2. The van der Waals surface area contributed by atoms with Crippen molar-refractivity contribution in [1.82, 2.24) is 24.9 Å². The molecule has 0 bridgehead atoms. The second kappa shape index (κ2) is 7.28. The zero-order valence-corrected chi connectivity index (χ0v) is 15.3. The summed E-state index contributed by atoms with van der Waals surface area (Å²) in [6.45, 7) is 2.25. The number of carbonyl (C=O) groups is 1. The highest BCUT2D eigenvalue weighted by Gasteiger charge is 2.15. The van der Waals surface area contributed by atoms with Gasteiger partial charge in [-0.15, -0.1) is 11.3 Å². The third-order valence-corrected chi connectivity index (χ3v) is 4.98. The zero-order chi connectivity index (χ0) is 18.8. The van der Waals surface area contributed by atoms with E-state index in [0.717, 1.165) is 10.7 Å². The quantitative estimate of drug-likeness (QED) is 0.552. The minimum Gasteiger partial charge on any atom is -0.441 e. The first-order chi connectivity index (χ1) is 13.1. The van der Waals surface area contributed by atoms with E-state index in [1.54, 1.807) is 23.6 Å². The first-order valence-corrected chi connectivity index (χ1v) is 9.23. The van der Waals surface area contributed by atoms with E-state index in [-0.39, 0.29) is 18.1 Å². The van der Waals surface area contributed by atoms with Gasteiger partial charge in [-0.2, -0.15) is 5.10 Å². The Morgan fingerprint density at radius 2 is 2.15 bits per heavy atom. The van der Waals surface area contributed by atoms with E-state index in [1.807, 2.05) is 5.38 Å². The maximum atomic E-state index is 13.0. The number of amides is 1. The van der Waals surface area contributed by atoms with E-state index < -0.39 is 0 Å². The molecule has 0 spiro atoms. The molecule has 3 aromatic heterocycles. The van der Waals surface area contributed by atoms with Gasteiger partial charge in [-0.25, -0.2) is 18.9 Å². The summed E-state index contributed by atoms with van der Waals surface area (Å²) in [4.78, 5) is 21.6. The van der Waals surface area contributed by atoms with E-state index in [1.165, 1.54) is 29.8 Å². The number of oxazole rings is 1. The van der Waals surface area contributed by atoms with Gasteiger partial charge in [0.15, 0.2) is 0 Å². The van der Waals surface area contributed by atoms with Gasteiger partial charge in [0.05, 0.1) is 17.8 Å². The molecule has 7 nitrogen and oxygen atoms in total. The number of fused-ring (bicyclic) bond motifs is 1. The number of aromatic nitrogens is 4. The first-order valence-electron chi connectivity index (χ1n) is 8.35. The predicted octanol–water partition coefficient (Wildman–Crippen LogP) is 2.79. The Hall–Kier alpha value is -3.07. The van der Waals surface area contributed by atoms with Crippen molar-refractivity contribution in [2.45, 2.75) is 19.8 Å². The molecule has 1 N–H and O–H groups in total. The molecule has 9 heteroatoms. The van der Waals surface area contributed by atoms with Crippen molar-refractivity contribution in [2.75, 3.05) is 6.54 Å². The van der Waals surface area contributed by atoms with Crippen LogP contribution in [0.15, 0.2) is 40.4 Å². The van der Waals surface area contributed by atoms with Crippen molar-refractivity contribution < 1.29 is 13.6 Å². The van der Waals surface area contributed by atoms with Gasteiger partial charge < -0.3 is 9.73 Å². The van der Waals surface area contributed by atoms with E-state index >= 15 is 0 Å². The highest BCUT2D eigenvalue weighted by Crippen LogP contribution is 2.22. The van der Waals surface area contributed by atoms with E-state index in [2.05, 4.69) is 20.4 Å². The SMILES string of the molecule is Cc1oc(-c2ccc(F)cc2)nc1CC(=O)NCCc1csc2ncnn12. The number of hydrogen-bond donors (Lipinski definition) is 1. The van der Waals surface area contributed by atoms with E-state index in [0.29, 0.717) is 35.9 Å². The molecule has 0 saturated heterocycles. The fraction of sp³-hybridized carbons (Fsp3) is 0.222. The molecule has 27 heavy (non-hydrogen) atoms. The lowest BCUT2D eigenvalue weighted by atomic mass is 10.2. The van der Waals surface area contributed by atoms with Gasteiger partial charge in [-0.1, -0.05) is 0 Å². The summed E-state index contributed by atoms with van der Waals surface area (Å²) in [5, 5.41) is 9.02. The molecule has 1 amide bonds. The van der Waals surface area contributed by atoms with Crippen molar-refractivity contribution in [3.63, 3.8) is 0 Å². The Bertz CT molecular complexity index is 1080. The molecule has 0 saturated carbocycles. The van der Waals surface area contributed by atoms with Gasteiger partial charge in [0.25, 0.3) is 0 Å². The second-order valence-corrected chi connectivity index (χ2v) is 6.82. The number of halogens is 1. The minimum absolute atomic E-state index is 0.124. The number of thiazole rings is 1. The third kappa shape index (κ3) is 3.72. The molecule has 3 heterocycles. The van der Waals surface area contributed by atoms with Crippen LogP contribution in [0.5, 0.6) is 0 Å². The van der Waals surface area contributed by atoms with Crippen LogP contribution in [0.3, 0.4) is 0 Å². The Morgan fingerprint density at radius 3 is 2.96 bits per heavy atom. The number of aryl methyl sites for hydroxylation is 1. The molecule has 1 aromatic carbocycles. The molecule has 0 fully saturated rings.